The van der Waals surface area contributed by atoms with Gasteiger partial charge in [0.1, 0.15) is 0 Å². The third-order valence-corrected chi connectivity index (χ3v) is 4.98. The van der Waals surface area contributed by atoms with Crippen molar-refractivity contribution in [2.24, 2.45) is 10.7 Å². The van der Waals surface area contributed by atoms with E-state index in [0.717, 1.165) is 0 Å². The van der Waals surface area contributed by atoms with Gasteiger partial charge in [0.25, 0.3) is 5.91 Å². The van der Waals surface area contributed by atoms with Gasteiger partial charge >= 0.3 is 6.03 Å². The van der Waals surface area contributed by atoms with Gasteiger partial charge in [0.2, 0.25) is 11.7 Å². The molecule has 0 aliphatic heterocycles. The van der Waals surface area contributed by atoms with E-state index in [9.17, 15) is 9.59 Å². The fourth-order valence-corrected chi connectivity index (χ4v) is 3.22. The van der Waals surface area contributed by atoms with Gasteiger partial charge in [0, 0.05) is 11.3 Å². The molecule has 0 radical (unpaired) electrons. The maximum atomic E-state index is 12.7. The first kappa shape index (κ1) is 25.2. The number of guanidine groups is 1. The molecule has 0 bridgehead atoms. The summed E-state index contributed by atoms with van der Waals surface area (Å²) in [6.07, 6.45) is 0. The lowest BCUT2D eigenvalue weighted by Gasteiger charge is -2.14. The summed E-state index contributed by atoms with van der Waals surface area (Å²) in [5, 5.41) is 8.14. The molecule has 5 N–H and O–H groups in total. The summed E-state index contributed by atoms with van der Waals surface area (Å²) < 4.78 is 15.8. The summed E-state index contributed by atoms with van der Waals surface area (Å²) in [4.78, 5) is 29.2. The predicted molar refractivity (Wildman–Crippen MR) is 135 cm³/mol. The molecule has 0 saturated heterocycles. The molecule has 3 aromatic rings. The highest BCUT2D eigenvalue weighted by Crippen LogP contribution is 2.38. The normalized spacial score (nSPS) is 10.8. The molecular formula is C24H24ClN5O5. The number of hydrogen-bond donors (Lipinski definition) is 4. The number of rotatable bonds is 7. The smallest absolute Gasteiger partial charge is 0.323 e. The lowest BCUT2D eigenvalue weighted by molar-refractivity contribution is 0.0976. The van der Waals surface area contributed by atoms with Gasteiger partial charge in [-0.2, -0.15) is 0 Å². The summed E-state index contributed by atoms with van der Waals surface area (Å²) in [5.74, 6) is 0.265. The van der Waals surface area contributed by atoms with Crippen LogP contribution in [0.25, 0.3) is 0 Å². The number of methoxy groups -OCH3 is 3. The quantitative estimate of drug-likeness (QED) is 0.282. The van der Waals surface area contributed by atoms with Crippen LogP contribution in [0, 0.1) is 0 Å². The first-order chi connectivity index (χ1) is 16.8. The predicted octanol–water partition coefficient (Wildman–Crippen LogP) is 4.39. The number of hydrogen-bond acceptors (Lipinski definition) is 6. The molecule has 3 aromatic carbocycles. The largest absolute Gasteiger partial charge is 0.493 e. The second kappa shape index (κ2) is 11.6. The third kappa shape index (κ3) is 6.55. The lowest BCUT2D eigenvalue weighted by atomic mass is 10.1. The maximum Gasteiger partial charge on any atom is 0.323 e. The van der Waals surface area contributed by atoms with Crippen LogP contribution in [0.5, 0.6) is 17.2 Å². The Morgan fingerprint density at radius 2 is 1.54 bits per heavy atom. The fourth-order valence-electron chi connectivity index (χ4n) is 3.05. The number of urea groups is 1. The van der Waals surface area contributed by atoms with E-state index in [4.69, 9.17) is 31.5 Å². The van der Waals surface area contributed by atoms with E-state index in [2.05, 4.69) is 20.9 Å². The van der Waals surface area contributed by atoms with Gasteiger partial charge < -0.3 is 30.6 Å². The molecule has 35 heavy (non-hydrogen) atoms. The Kier molecular flexibility index (Phi) is 8.36. The van der Waals surface area contributed by atoms with Crippen molar-refractivity contribution in [1.29, 1.82) is 0 Å². The van der Waals surface area contributed by atoms with Crippen LogP contribution in [0.4, 0.5) is 21.9 Å². The number of nitrogens with two attached hydrogens (primary N) is 1. The van der Waals surface area contributed by atoms with Crippen molar-refractivity contribution >= 4 is 46.6 Å². The molecular weight excluding hydrogens is 474 g/mol. The van der Waals surface area contributed by atoms with Gasteiger partial charge in [-0.3, -0.25) is 10.1 Å². The molecule has 0 aliphatic rings. The minimum Gasteiger partial charge on any atom is -0.493 e. The van der Waals surface area contributed by atoms with E-state index >= 15 is 0 Å². The number of aliphatic imine (C=N–C) groups is 1. The molecule has 0 fully saturated rings. The van der Waals surface area contributed by atoms with Gasteiger partial charge in [-0.15, -0.1) is 0 Å². The Morgan fingerprint density at radius 1 is 0.886 bits per heavy atom. The van der Waals surface area contributed by atoms with Crippen LogP contribution >= 0.6 is 11.6 Å². The number of carbonyl (C=O) groups is 2. The molecule has 0 atom stereocenters. The SMILES string of the molecule is COc1cc(C(=O)NC(N)=Nc2ccc(Cl)c(NC(=O)Nc3ccccc3)c2)cc(OC)c1OC. The number of para-hydroxylation sites is 1. The number of nitrogens with zero attached hydrogens (tertiary/aromatic N) is 1. The minimum atomic E-state index is -0.542. The molecule has 0 aliphatic carbocycles. The molecule has 0 aromatic heterocycles. The average molecular weight is 498 g/mol. The summed E-state index contributed by atoms with van der Waals surface area (Å²) >= 11 is 6.20. The molecule has 0 heterocycles. The van der Waals surface area contributed by atoms with E-state index in [-0.39, 0.29) is 11.5 Å². The monoisotopic (exact) mass is 497 g/mol. The molecule has 3 amide bonds. The summed E-state index contributed by atoms with van der Waals surface area (Å²) in [6, 6.07) is 16.1. The Balaban J connectivity index is 1.74. The maximum absolute atomic E-state index is 12.7. The van der Waals surface area contributed by atoms with Crippen LogP contribution in [-0.2, 0) is 0 Å². The third-order valence-electron chi connectivity index (χ3n) is 4.65. The zero-order valence-electron chi connectivity index (χ0n) is 19.2. The van der Waals surface area contributed by atoms with Crippen molar-refractivity contribution < 1.29 is 23.8 Å². The van der Waals surface area contributed by atoms with E-state index in [1.54, 1.807) is 36.4 Å². The zero-order chi connectivity index (χ0) is 25.4. The van der Waals surface area contributed by atoms with Crippen LogP contribution < -0.4 is 35.9 Å². The molecule has 11 heteroatoms. The average Bonchev–Trinajstić information content (AvgIpc) is 2.85. The van der Waals surface area contributed by atoms with E-state index in [0.29, 0.717) is 39.3 Å². The summed E-state index contributed by atoms with van der Waals surface area (Å²) in [6.45, 7) is 0. The lowest BCUT2D eigenvalue weighted by Crippen LogP contribution is -2.36. The van der Waals surface area contributed by atoms with Crippen molar-refractivity contribution in [3.05, 3.63) is 71.2 Å². The van der Waals surface area contributed by atoms with Crippen LogP contribution in [-0.4, -0.2) is 39.2 Å². The number of ether oxygens (including phenoxy) is 3. The highest BCUT2D eigenvalue weighted by molar-refractivity contribution is 6.34. The van der Waals surface area contributed by atoms with Crippen LogP contribution in [0.1, 0.15) is 10.4 Å². The topological polar surface area (TPSA) is 136 Å². The van der Waals surface area contributed by atoms with Crippen molar-refractivity contribution in [3.8, 4) is 17.2 Å². The van der Waals surface area contributed by atoms with Gasteiger partial charge in [0.05, 0.1) is 37.7 Å². The van der Waals surface area contributed by atoms with E-state index < -0.39 is 11.9 Å². The molecule has 3 rings (SSSR count). The van der Waals surface area contributed by atoms with Crippen molar-refractivity contribution in [2.75, 3.05) is 32.0 Å². The van der Waals surface area contributed by atoms with Gasteiger partial charge in [-0.25, -0.2) is 9.79 Å². The molecule has 0 saturated carbocycles. The van der Waals surface area contributed by atoms with Crippen LogP contribution in [0.15, 0.2) is 65.7 Å². The number of amides is 3. The van der Waals surface area contributed by atoms with E-state index in [1.807, 2.05) is 6.07 Å². The van der Waals surface area contributed by atoms with Crippen molar-refractivity contribution in [2.45, 2.75) is 0 Å². The van der Waals surface area contributed by atoms with Crippen LogP contribution in [0.3, 0.4) is 0 Å². The van der Waals surface area contributed by atoms with Gasteiger partial charge in [-0.1, -0.05) is 29.8 Å². The van der Waals surface area contributed by atoms with Gasteiger partial charge in [0.15, 0.2) is 11.5 Å². The Morgan fingerprint density at radius 3 is 2.14 bits per heavy atom. The second-order valence-corrected chi connectivity index (χ2v) is 7.38. The first-order valence-electron chi connectivity index (χ1n) is 10.2. The summed E-state index contributed by atoms with van der Waals surface area (Å²) in [7, 11) is 4.35. The highest BCUT2D eigenvalue weighted by atomic mass is 35.5. The minimum absolute atomic E-state index is 0.175. The number of benzene rings is 3. The Labute approximate surface area is 207 Å². The molecule has 182 valence electrons. The van der Waals surface area contributed by atoms with E-state index in [1.165, 1.54) is 39.5 Å². The molecule has 0 spiro atoms. The summed E-state index contributed by atoms with van der Waals surface area (Å²) in [5.41, 5.74) is 7.43. The number of halogens is 1. The standard InChI is InChI=1S/C24H24ClN5O5/c1-33-19-11-14(12-20(34-2)21(19)35-3)22(31)30-23(26)27-16-9-10-17(25)18(13-16)29-24(32)28-15-7-5-4-6-8-15/h4-13H,1-3H3,(H2,28,29,32)(H3,26,27,30,31). The molecule has 0 unspecified atom stereocenters. The zero-order valence-corrected chi connectivity index (χ0v) is 20.0. The van der Waals surface area contributed by atoms with Gasteiger partial charge in [-0.05, 0) is 42.5 Å². The number of carbonyl (C=O) groups excluding carboxylic acids is 2. The van der Waals surface area contributed by atoms with Crippen molar-refractivity contribution in [1.82, 2.24) is 5.32 Å². The number of nitrogens with one attached hydrogen (secondary N) is 3. The Hall–Kier alpha value is -4.44. The van der Waals surface area contributed by atoms with Crippen LogP contribution in [0.2, 0.25) is 5.02 Å². The second-order valence-electron chi connectivity index (χ2n) is 6.97. The molecule has 10 nitrogen and oxygen atoms in total. The Bertz CT molecular complexity index is 1230. The van der Waals surface area contributed by atoms with Crippen molar-refractivity contribution in [3.63, 3.8) is 0 Å². The number of anilines is 2. The first-order valence-corrected chi connectivity index (χ1v) is 10.6. The highest BCUT2D eigenvalue weighted by Gasteiger charge is 2.17. The fraction of sp³-hybridized carbons (Fsp3) is 0.125.